The maximum absolute atomic E-state index is 13.5. The van der Waals surface area contributed by atoms with Gasteiger partial charge in [-0.05, 0) is 34.7 Å². The third kappa shape index (κ3) is 5.10. The molecule has 0 aliphatic rings. The van der Waals surface area contributed by atoms with E-state index in [1.54, 1.807) is 12.1 Å². The number of hydrogen-bond donors (Lipinski definition) is 2. The van der Waals surface area contributed by atoms with Gasteiger partial charge in [0, 0.05) is 0 Å². The van der Waals surface area contributed by atoms with Crippen molar-refractivity contribution in [2.24, 2.45) is 0 Å². The first-order valence-corrected chi connectivity index (χ1v) is 9.11. The molecule has 2 aromatic carbocycles. The van der Waals surface area contributed by atoms with Crippen LogP contribution in [0.4, 0.5) is 18.9 Å². The Labute approximate surface area is 166 Å². The third-order valence-electron chi connectivity index (χ3n) is 3.53. The molecule has 0 fully saturated rings. The van der Waals surface area contributed by atoms with E-state index in [-0.39, 0.29) is 5.75 Å². The Bertz CT molecular complexity index is 1030. The molecule has 0 bridgehead atoms. The van der Waals surface area contributed by atoms with Crippen molar-refractivity contribution in [3.8, 4) is 5.69 Å². The van der Waals surface area contributed by atoms with Gasteiger partial charge in [-0.3, -0.25) is 9.59 Å². The van der Waals surface area contributed by atoms with E-state index in [0.29, 0.717) is 16.9 Å². The largest absolute Gasteiger partial charge is 0.346 e. The van der Waals surface area contributed by atoms with Crippen molar-refractivity contribution in [1.82, 2.24) is 25.5 Å². The Balaban J connectivity index is 1.49. The van der Waals surface area contributed by atoms with E-state index in [9.17, 15) is 22.8 Å². The van der Waals surface area contributed by atoms with Crippen LogP contribution in [0.1, 0.15) is 0 Å². The summed E-state index contributed by atoms with van der Waals surface area (Å²) >= 11 is 1.05. The summed E-state index contributed by atoms with van der Waals surface area (Å²) in [7, 11) is 0. The van der Waals surface area contributed by atoms with Gasteiger partial charge in [0.1, 0.15) is 0 Å². The molecule has 1 aromatic heterocycles. The molecule has 29 heavy (non-hydrogen) atoms. The second kappa shape index (κ2) is 9.19. The smallest absolute Gasteiger partial charge is 0.243 e. The molecule has 0 aliphatic carbocycles. The Morgan fingerprint density at radius 1 is 1.00 bits per heavy atom. The number of aromatic nitrogens is 4. The van der Waals surface area contributed by atoms with Gasteiger partial charge in [0.2, 0.25) is 17.0 Å². The summed E-state index contributed by atoms with van der Waals surface area (Å²) in [6.45, 7) is -0.485. The SMILES string of the molecule is O=C(CSc1nnnn1-c1ccccc1)NCC(=O)Nc1ccc(F)c(F)c1F. The van der Waals surface area contributed by atoms with Crippen LogP contribution in [0, 0.1) is 17.5 Å². The molecule has 3 rings (SSSR count). The predicted octanol–water partition coefficient (Wildman–Crippen LogP) is 1.93. The minimum Gasteiger partial charge on any atom is -0.346 e. The van der Waals surface area contributed by atoms with Gasteiger partial charge in [0.05, 0.1) is 23.7 Å². The number of anilines is 1. The number of nitrogens with one attached hydrogen (secondary N) is 2. The molecule has 0 saturated heterocycles. The first-order chi connectivity index (χ1) is 14.0. The van der Waals surface area contributed by atoms with Crippen LogP contribution in [0.2, 0.25) is 0 Å². The summed E-state index contributed by atoms with van der Waals surface area (Å²) in [5.41, 5.74) is 0.188. The number of hydrogen-bond acceptors (Lipinski definition) is 6. The molecule has 2 amide bonds. The third-order valence-corrected chi connectivity index (χ3v) is 4.45. The van der Waals surface area contributed by atoms with Gasteiger partial charge >= 0.3 is 0 Å². The van der Waals surface area contributed by atoms with E-state index in [2.05, 4.69) is 26.2 Å². The summed E-state index contributed by atoms with van der Waals surface area (Å²) in [6.07, 6.45) is 0. The number of rotatable bonds is 7. The maximum atomic E-state index is 13.5. The van der Waals surface area contributed by atoms with Crippen LogP contribution in [0.15, 0.2) is 47.6 Å². The first-order valence-electron chi connectivity index (χ1n) is 8.12. The van der Waals surface area contributed by atoms with E-state index in [1.165, 1.54) is 4.68 Å². The highest BCUT2D eigenvalue weighted by molar-refractivity contribution is 7.99. The van der Waals surface area contributed by atoms with Gasteiger partial charge in [0.25, 0.3) is 0 Å². The highest BCUT2D eigenvalue weighted by Gasteiger charge is 2.16. The Morgan fingerprint density at radius 3 is 2.52 bits per heavy atom. The molecule has 3 aromatic rings. The number of amides is 2. The standard InChI is InChI=1S/C17H13F3N6O2S/c18-11-6-7-12(16(20)15(11)19)22-13(27)8-21-14(28)9-29-17-23-24-25-26(17)10-4-2-1-3-5-10/h1-7H,8-9H2,(H,21,28)(H,22,27). The summed E-state index contributed by atoms with van der Waals surface area (Å²) < 4.78 is 41.0. The van der Waals surface area contributed by atoms with Gasteiger partial charge in [0.15, 0.2) is 17.5 Å². The van der Waals surface area contributed by atoms with Gasteiger partial charge in [-0.2, -0.15) is 4.68 Å². The number of halogens is 3. The van der Waals surface area contributed by atoms with Gasteiger partial charge in [-0.15, -0.1) is 5.10 Å². The van der Waals surface area contributed by atoms with Crippen LogP contribution < -0.4 is 10.6 Å². The molecule has 0 radical (unpaired) electrons. The maximum Gasteiger partial charge on any atom is 0.243 e. The van der Waals surface area contributed by atoms with E-state index >= 15 is 0 Å². The normalized spacial score (nSPS) is 10.6. The van der Waals surface area contributed by atoms with Crippen molar-refractivity contribution >= 4 is 29.3 Å². The van der Waals surface area contributed by atoms with Crippen molar-refractivity contribution in [2.75, 3.05) is 17.6 Å². The molecule has 0 unspecified atom stereocenters. The van der Waals surface area contributed by atoms with E-state index in [0.717, 1.165) is 17.8 Å². The second-order valence-electron chi connectivity index (χ2n) is 5.55. The average molecular weight is 422 g/mol. The quantitative estimate of drug-likeness (QED) is 0.446. The zero-order chi connectivity index (χ0) is 20.8. The fourth-order valence-electron chi connectivity index (χ4n) is 2.18. The van der Waals surface area contributed by atoms with Crippen LogP contribution >= 0.6 is 11.8 Å². The van der Waals surface area contributed by atoms with Crippen LogP contribution in [-0.2, 0) is 9.59 Å². The lowest BCUT2D eigenvalue weighted by atomic mass is 10.2. The Morgan fingerprint density at radius 2 is 1.76 bits per heavy atom. The number of benzene rings is 2. The van der Waals surface area contributed by atoms with Gasteiger partial charge < -0.3 is 10.6 Å². The summed E-state index contributed by atoms with van der Waals surface area (Å²) in [5.74, 6) is -5.98. The van der Waals surface area contributed by atoms with Crippen molar-refractivity contribution < 1.29 is 22.8 Å². The minimum absolute atomic E-state index is 0.0833. The van der Waals surface area contributed by atoms with Crippen LogP contribution in [0.5, 0.6) is 0 Å². The number of tetrazole rings is 1. The molecule has 1 heterocycles. The minimum atomic E-state index is -1.70. The second-order valence-corrected chi connectivity index (χ2v) is 6.49. The fraction of sp³-hybridized carbons (Fsp3) is 0.118. The van der Waals surface area contributed by atoms with Gasteiger partial charge in [-0.25, -0.2) is 13.2 Å². The van der Waals surface area contributed by atoms with Crippen LogP contribution in [-0.4, -0.2) is 44.3 Å². The zero-order valence-electron chi connectivity index (χ0n) is 14.6. The van der Waals surface area contributed by atoms with E-state index in [1.807, 2.05) is 18.2 Å². The fourth-order valence-corrected chi connectivity index (χ4v) is 2.90. The summed E-state index contributed by atoms with van der Waals surface area (Å²) in [6, 6.07) is 10.6. The van der Waals surface area contributed by atoms with Crippen LogP contribution in [0.3, 0.4) is 0 Å². The molecule has 0 atom stereocenters. The average Bonchev–Trinajstić information content (AvgIpc) is 3.20. The lowest BCUT2D eigenvalue weighted by Crippen LogP contribution is -2.34. The van der Waals surface area contributed by atoms with Crippen molar-refractivity contribution in [3.63, 3.8) is 0 Å². The molecule has 2 N–H and O–H groups in total. The number of carbonyl (C=O) groups is 2. The van der Waals surface area contributed by atoms with Crippen molar-refractivity contribution in [3.05, 3.63) is 59.9 Å². The molecule has 12 heteroatoms. The predicted molar refractivity (Wildman–Crippen MR) is 97.8 cm³/mol. The summed E-state index contributed by atoms with van der Waals surface area (Å²) in [4.78, 5) is 23.7. The lowest BCUT2D eigenvalue weighted by Gasteiger charge is -2.08. The highest BCUT2D eigenvalue weighted by atomic mass is 32.2. The molecule has 0 aliphatic heterocycles. The summed E-state index contributed by atoms with van der Waals surface area (Å²) in [5, 5.41) is 16.0. The Kier molecular flexibility index (Phi) is 6.44. The Hall–Kier alpha value is -3.41. The van der Waals surface area contributed by atoms with Gasteiger partial charge in [-0.1, -0.05) is 30.0 Å². The number of nitrogens with zero attached hydrogens (tertiary/aromatic N) is 4. The molecule has 0 saturated carbocycles. The highest BCUT2D eigenvalue weighted by Crippen LogP contribution is 2.19. The van der Waals surface area contributed by atoms with Crippen molar-refractivity contribution in [2.45, 2.75) is 5.16 Å². The zero-order valence-corrected chi connectivity index (χ0v) is 15.4. The molecular weight excluding hydrogens is 409 g/mol. The number of thioether (sulfide) groups is 1. The molecule has 150 valence electrons. The molecule has 8 nitrogen and oxygen atoms in total. The molecular formula is C17H13F3N6O2S. The van der Waals surface area contributed by atoms with Crippen molar-refractivity contribution in [1.29, 1.82) is 0 Å². The number of carbonyl (C=O) groups excluding carboxylic acids is 2. The number of para-hydroxylation sites is 1. The van der Waals surface area contributed by atoms with E-state index in [4.69, 9.17) is 0 Å². The topological polar surface area (TPSA) is 102 Å². The van der Waals surface area contributed by atoms with E-state index < -0.39 is 41.5 Å². The first kappa shape index (κ1) is 20.3. The molecule has 0 spiro atoms. The monoisotopic (exact) mass is 422 g/mol. The van der Waals surface area contributed by atoms with Crippen LogP contribution in [0.25, 0.3) is 5.69 Å². The lowest BCUT2D eigenvalue weighted by molar-refractivity contribution is -0.122.